The summed E-state index contributed by atoms with van der Waals surface area (Å²) in [7, 11) is -8.41. The van der Waals surface area contributed by atoms with Crippen molar-refractivity contribution in [3.8, 4) is 0 Å². The molecule has 0 aliphatic carbocycles. The Balaban J connectivity index is 1.47. The van der Waals surface area contributed by atoms with E-state index >= 15 is 0 Å². The van der Waals surface area contributed by atoms with Crippen LogP contribution in [0.3, 0.4) is 0 Å². The van der Waals surface area contributed by atoms with Crippen LogP contribution in [0.25, 0.3) is 10.8 Å². The fourth-order valence-electron chi connectivity index (χ4n) is 3.50. The molecule has 216 valence electrons. The van der Waals surface area contributed by atoms with E-state index in [0.717, 1.165) is 12.2 Å². The highest BCUT2D eigenvalue weighted by Gasteiger charge is 2.14. The Kier molecular flexibility index (Phi) is 10.3. The topological polar surface area (TPSA) is 184 Å². The molecule has 4 aromatic rings. The largest absolute Gasteiger partial charge is 0.324 e. The number of benzene rings is 3. The highest BCUT2D eigenvalue weighted by molar-refractivity contribution is 7.99. The van der Waals surface area contributed by atoms with Gasteiger partial charge in [0.2, 0.25) is 5.95 Å². The molecule has 0 saturated carbocycles. The average molecular weight is 635 g/mol. The molecular weight excluding hydrogens is 609 g/mol. The molecule has 41 heavy (non-hydrogen) atoms. The second-order valence-corrected chi connectivity index (χ2v) is 13.7. The minimum absolute atomic E-state index is 0.197. The first-order chi connectivity index (χ1) is 19.5. The Hall–Kier alpha value is -3.15. The molecule has 0 spiro atoms. The van der Waals surface area contributed by atoms with E-state index in [9.17, 15) is 21.4 Å². The molecule has 0 radical (unpaired) electrons. The molecule has 0 aliphatic heterocycles. The van der Waals surface area contributed by atoms with Crippen molar-refractivity contribution in [3.05, 3.63) is 60.7 Å². The summed E-state index contributed by atoms with van der Waals surface area (Å²) in [5.41, 5.74) is 1.65. The zero-order valence-electron chi connectivity index (χ0n) is 21.7. The second-order valence-electron chi connectivity index (χ2n) is 8.57. The van der Waals surface area contributed by atoms with Gasteiger partial charge in [-0.3, -0.25) is 9.11 Å². The number of anilines is 2. The van der Waals surface area contributed by atoms with Crippen LogP contribution in [0.5, 0.6) is 0 Å². The quantitative estimate of drug-likeness (QED) is 0.0646. The van der Waals surface area contributed by atoms with Crippen LogP contribution < -0.4 is 5.32 Å². The van der Waals surface area contributed by atoms with Gasteiger partial charge in [0.15, 0.2) is 10.3 Å². The number of rotatable bonds is 13. The Bertz CT molecular complexity index is 1770. The number of aromatic nitrogens is 3. The van der Waals surface area contributed by atoms with Crippen LogP contribution in [0, 0.1) is 0 Å². The Morgan fingerprint density at radius 2 is 1.49 bits per heavy atom. The van der Waals surface area contributed by atoms with Gasteiger partial charge in [0, 0.05) is 22.6 Å². The predicted molar refractivity (Wildman–Crippen MR) is 160 cm³/mol. The number of nitrogens with zero attached hydrogens (tertiary/aromatic N) is 5. The summed E-state index contributed by atoms with van der Waals surface area (Å²) >= 11 is 2.76. The molecule has 16 heteroatoms. The van der Waals surface area contributed by atoms with Gasteiger partial charge >= 0.3 is 0 Å². The molecule has 1 aromatic heterocycles. The molecular formula is C25H26N6O6S4. The van der Waals surface area contributed by atoms with Crippen molar-refractivity contribution in [2.75, 3.05) is 22.6 Å². The van der Waals surface area contributed by atoms with Gasteiger partial charge in [-0.05, 0) is 60.7 Å². The van der Waals surface area contributed by atoms with Crippen molar-refractivity contribution < 1.29 is 25.9 Å². The zero-order chi connectivity index (χ0) is 29.5. The molecule has 3 aromatic carbocycles. The molecule has 4 rings (SSSR count). The van der Waals surface area contributed by atoms with Crippen molar-refractivity contribution >= 4 is 77.5 Å². The van der Waals surface area contributed by atoms with Crippen LogP contribution in [0.2, 0.25) is 0 Å². The zero-order valence-corrected chi connectivity index (χ0v) is 25.0. The maximum absolute atomic E-state index is 11.7. The summed E-state index contributed by atoms with van der Waals surface area (Å²) in [5.74, 6) is 1.24. The van der Waals surface area contributed by atoms with Crippen LogP contribution in [0.15, 0.2) is 86.1 Å². The van der Waals surface area contributed by atoms with E-state index in [-0.39, 0.29) is 17.1 Å². The third-order valence-corrected chi connectivity index (χ3v) is 9.02. The lowest BCUT2D eigenvalue weighted by atomic mass is 10.1. The van der Waals surface area contributed by atoms with Crippen molar-refractivity contribution in [1.29, 1.82) is 0 Å². The molecule has 12 nitrogen and oxygen atoms in total. The summed E-state index contributed by atoms with van der Waals surface area (Å²) in [4.78, 5) is 13.1. The Labute approximate surface area is 246 Å². The maximum atomic E-state index is 11.7. The van der Waals surface area contributed by atoms with Gasteiger partial charge in [0.1, 0.15) is 4.90 Å². The standard InChI is InChI=1S/C25H26N6O6S4/c1-2-13-38-24-27-23(28-25(29-24)39-14-4-15-40(32,33)34)26-18-9-11-19(12-10-18)30-31-20-8-7-17-5-3-6-22(21(17)16-20)41(35,36)37/h3,5-12,16H,2,4,13-15H2,1H3,(H,32,33,34)(H,35,36,37)(H,26,27,28,29). The number of hydrogen-bond donors (Lipinski definition) is 3. The highest BCUT2D eigenvalue weighted by Crippen LogP contribution is 2.29. The molecule has 0 unspecified atom stereocenters. The van der Waals surface area contributed by atoms with E-state index in [0.29, 0.717) is 49.8 Å². The predicted octanol–water partition coefficient (Wildman–Crippen LogP) is 6.30. The minimum atomic E-state index is -4.39. The summed E-state index contributed by atoms with van der Waals surface area (Å²) in [6, 6.07) is 16.6. The third kappa shape index (κ3) is 9.44. The number of thioether (sulfide) groups is 2. The first-order valence-corrected chi connectivity index (χ1v) is 17.3. The van der Waals surface area contributed by atoms with E-state index in [1.807, 2.05) is 6.92 Å². The number of azo groups is 1. The van der Waals surface area contributed by atoms with Crippen LogP contribution in [0.4, 0.5) is 23.0 Å². The maximum Gasteiger partial charge on any atom is 0.295 e. The van der Waals surface area contributed by atoms with Gasteiger partial charge in [-0.15, -0.1) is 0 Å². The van der Waals surface area contributed by atoms with Crippen LogP contribution in [0.1, 0.15) is 19.8 Å². The van der Waals surface area contributed by atoms with E-state index in [2.05, 4.69) is 30.5 Å². The molecule has 1 heterocycles. The van der Waals surface area contributed by atoms with Crippen molar-refractivity contribution in [1.82, 2.24) is 15.0 Å². The van der Waals surface area contributed by atoms with Gasteiger partial charge in [0.05, 0.1) is 17.1 Å². The molecule has 0 bridgehead atoms. The van der Waals surface area contributed by atoms with Gasteiger partial charge in [-0.25, -0.2) is 0 Å². The second kappa shape index (κ2) is 13.7. The van der Waals surface area contributed by atoms with Crippen LogP contribution in [-0.4, -0.2) is 58.2 Å². The Morgan fingerprint density at radius 1 is 0.829 bits per heavy atom. The first-order valence-electron chi connectivity index (χ1n) is 12.3. The van der Waals surface area contributed by atoms with Crippen LogP contribution in [-0.2, 0) is 20.2 Å². The highest BCUT2D eigenvalue weighted by atomic mass is 32.2. The smallest absolute Gasteiger partial charge is 0.295 e. The van der Waals surface area contributed by atoms with E-state index in [4.69, 9.17) is 4.55 Å². The van der Waals surface area contributed by atoms with E-state index in [1.54, 1.807) is 54.6 Å². The first kappa shape index (κ1) is 30.8. The molecule has 3 N–H and O–H groups in total. The molecule has 0 amide bonds. The normalized spacial score (nSPS) is 12.3. The lowest BCUT2D eigenvalue weighted by Gasteiger charge is -2.09. The number of nitrogens with one attached hydrogen (secondary N) is 1. The molecule has 0 fully saturated rings. The molecule has 0 saturated heterocycles. The lowest BCUT2D eigenvalue weighted by molar-refractivity contribution is 0.481. The van der Waals surface area contributed by atoms with Gasteiger partial charge in [-0.2, -0.15) is 42.0 Å². The minimum Gasteiger partial charge on any atom is -0.324 e. The van der Waals surface area contributed by atoms with Gasteiger partial charge < -0.3 is 5.32 Å². The van der Waals surface area contributed by atoms with E-state index in [1.165, 1.54) is 29.6 Å². The fraction of sp³-hybridized carbons (Fsp3) is 0.240. The molecule has 0 aliphatic rings. The monoisotopic (exact) mass is 634 g/mol. The average Bonchev–Trinajstić information content (AvgIpc) is 2.92. The molecule has 0 atom stereocenters. The summed E-state index contributed by atoms with van der Waals surface area (Å²) in [6.07, 6.45) is 1.19. The number of fused-ring (bicyclic) bond motifs is 1. The van der Waals surface area contributed by atoms with Crippen molar-refractivity contribution in [3.63, 3.8) is 0 Å². The van der Waals surface area contributed by atoms with Gasteiger partial charge in [0.25, 0.3) is 20.2 Å². The third-order valence-electron chi connectivity index (χ3n) is 5.32. The van der Waals surface area contributed by atoms with E-state index < -0.39 is 20.2 Å². The summed E-state index contributed by atoms with van der Waals surface area (Å²) < 4.78 is 63.8. The van der Waals surface area contributed by atoms with Crippen molar-refractivity contribution in [2.45, 2.75) is 35.0 Å². The lowest BCUT2D eigenvalue weighted by Crippen LogP contribution is -2.05. The fourth-order valence-corrected chi connectivity index (χ4v) is 6.41. The van der Waals surface area contributed by atoms with Crippen LogP contribution >= 0.6 is 23.5 Å². The Morgan fingerprint density at radius 3 is 2.15 bits per heavy atom. The SMILES string of the molecule is CCCSc1nc(Nc2ccc(N=Nc3ccc4cccc(S(=O)(=O)O)c4c3)cc2)nc(SCCCS(=O)(=O)O)n1. The summed E-state index contributed by atoms with van der Waals surface area (Å²) in [6.45, 7) is 2.05. The van der Waals surface area contributed by atoms with Gasteiger partial charge in [-0.1, -0.05) is 48.6 Å². The number of hydrogen-bond acceptors (Lipinski definition) is 12. The van der Waals surface area contributed by atoms with Crippen molar-refractivity contribution in [2.24, 2.45) is 10.2 Å². The summed E-state index contributed by atoms with van der Waals surface area (Å²) in [5, 5.41) is 13.5.